The number of rotatable bonds is 6. The summed E-state index contributed by atoms with van der Waals surface area (Å²) >= 11 is 7.24. The molecule has 2 N–H and O–H groups in total. The summed E-state index contributed by atoms with van der Waals surface area (Å²) < 4.78 is 27.9. The molecule has 1 atom stereocenters. The lowest BCUT2D eigenvalue weighted by Crippen LogP contribution is -2.17. The van der Waals surface area contributed by atoms with Crippen LogP contribution in [0.3, 0.4) is 0 Å². The standard InChI is InChI=1S/C20H19ClFN3O3S/c1-11-18(19(28-24-11)13-4-7-15(8-5-13)25-29-3)23-20(26)27-12(2)16-9-6-14(21)10-17(16)22/h4-10,12,25H,1-3H3,(H,23,26). The first kappa shape index (κ1) is 21.0. The fourth-order valence-electron chi connectivity index (χ4n) is 2.71. The van der Waals surface area contributed by atoms with Crippen LogP contribution in [0.5, 0.6) is 0 Å². The van der Waals surface area contributed by atoms with Gasteiger partial charge in [-0.2, -0.15) is 0 Å². The quantitative estimate of drug-likeness (QED) is 0.434. The number of nitrogens with one attached hydrogen (secondary N) is 2. The second-order valence-electron chi connectivity index (χ2n) is 6.19. The van der Waals surface area contributed by atoms with Crippen molar-refractivity contribution in [1.29, 1.82) is 0 Å². The molecule has 0 radical (unpaired) electrons. The van der Waals surface area contributed by atoms with Crippen LogP contribution in [0, 0.1) is 12.7 Å². The van der Waals surface area contributed by atoms with Crippen molar-refractivity contribution in [2.24, 2.45) is 0 Å². The molecule has 1 aromatic heterocycles. The lowest BCUT2D eigenvalue weighted by atomic mass is 10.1. The number of carbonyl (C=O) groups is 1. The lowest BCUT2D eigenvalue weighted by molar-refractivity contribution is 0.119. The normalized spacial score (nSPS) is 11.8. The van der Waals surface area contributed by atoms with Gasteiger partial charge < -0.3 is 14.0 Å². The fourth-order valence-corrected chi connectivity index (χ4v) is 3.24. The largest absolute Gasteiger partial charge is 0.441 e. The number of hydrogen-bond acceptors (Lipinski definition) is 6. The monoisotopic (exact) mass is 435 g/mol. The summed E-state index contributed by atoms with van der Waals surface area (Å²) in [4.78, 5) is 12.4. The van der Waals surface area contributed by atoms with Crippen LogP contribution in [0.4, 0.5) is 20.6 Å². The van der Waals surface area contributed by atoms with Crippen LogP contribution in [0.15, 0.2) is 47.0 Å². The van der Waals surface area contributed by atoms with Crippen molar-refractivity contribution in [1.82, 2.24) is 5.16 Å². The number of benzene rings is 2. The highest BCUT2D eigenvalue weighted by Crippen LogP contribution is 2.32. The van der Waals surface area contributed by atoms with Crippen LogP contribution >= 0.6 is 23.5 Å². The number of hydrogen-bond donors (Lipinski definition) is 2. The van der Waals surface area contributed by atoms with E-state index in [0.717, 1.165) is 11.3 Å². The Balaban J connectivity index is 1.74. The summed E-state index contributed by atoms with van der Waals surface area (Å²) in [6, 6.07) is 11.7. The highest BCUT2D eigenvalue weighted by Gasteiger charge is 2.21. The maximum Gasteiger partial charge on any atom is 0.412 e. The molecule has 3 aromatic rings. The second kappa shape index (κ2) is 9.19. The van der Waals surface area contributed by atoms with Crippen LogP contribution < -0.4 is 10.0 Å². The van der Waals surface area contributed by atoms with Crippen LogP contribution in [0.1, 0.15) is 24.3 Å². The highest BCUT2D eigenvalue weighted by molar-refractivity contribution is 7.99. The molecular weight excluding hydrogens is 417 g/mol. The van der Waals surface area contributed by atoms with Gasteiger partial charge in [-0.25, -0.2) is 9.18 Å². The van der Waals surface area contributed by atoms with Crippen molar-refractivity contribution in [3.63, 3.8) is 0 Å². The number of aryl methyl sites for hydroxylation is 1. The SMILES string of the molecule is CSNc1ccc(-c2onc(C)c2NC(=O)OC(C)c2ccc(Cl)cc2F)cc1. The maximum atomic E-state index is 14.0. The molecule has 3 rings (SSSR count). The van der Waals surface area contributed by atoms with Gasteiger partial charge in [-0.05, 0) is 50.2 Å². The third-order valence-electron chi connectivity index (χ3n) is 4.14. The minimum atomic E-state index is -0.812. The van der Waals surface area contributed by atoms with Crippen LogP contribution in [-0.4, -0.2) is 17.5 Å². The van der Waals surface area contributed by atoms with Gasteiger partial charge in [0.05, 0.1) is 0 Å². The molecule has 0 spiro atoms. The maximum absolute atomic E-state index is 14.0. The van der Waals surface area contributed by atoms with Crippen LogP contribution in [-0.2, 0) is 4.74 Å². The van der Waals surface area contributed by atoms with Gasteiger partial charge in [-0.15, -0.1) is 0 Å². The molecular formula is C20H19ClFN3O3S. The summed E-state index contributed by atoms with van der Waals surface area (Å²) in [6.07, 6.45) is 0.367. The van der Waals surface area contributed by atoms with E-state index in [1.165, 1.54) is 30.1 Å². The molecule has 0 saturated carbocycles. The number of ether oxygens (including phenoxy) is 1. The second-order valence-corrected chi connectivity index (χ2v) is 7.24. The molecule has 1 heterocycles. The van der Waals surface area contributed by atoms with Crippen molar-refractivity contribution in [3.8, 4) is 11.3 Å². The minimum Gasteiger partial charge on any atom is -0.441 e. The van der Waals surface area contributed by atoms with Gasteiger partial charge in [-0.3, -0.25) is 5.32 Å². The zero-order chi connectivity index (χ0) is 21.0. The van der Waals surface area contributed by atoms with Gasteiger partial charge in [0.25, 0.3) is 0 Å². The summed E-state index contributed by atoms with van der Waals surface area (Å²) in [7, 11) is 0. The molecule has 0 aliphatic carbocycles. The molecule has 2 aromatic carbocycles. The van der Waals surface area contributed by atoms with Crippen molar-refractivity contribution in [3.05, 3.63) is 64.6 Å². The van der Waals surface area contributed by atoms with Gasteiger partial charge in [0.15, 0.2) is 5.76 Å². The van der Waals surface area contributed by atoms with E-state index < -0.39 is 18.0 Å². The molecule has 0 aliphatic rings. The van der Waals surface area contributed by atoms with E-state index in [-0.39, 0.29) is 10.6 Å². The molecule has 1 unspecified atom stereocenters. The van der Waals surface area contributed by atoms with E-state index in [2.05, 4.69) is 15.2 Å². The summed E-state index contributed by atoms with van der Waals surface area (Å²) in [5.74, 6) is -0.140. The summed E-state index contributed by atoms with van der Waals surface area (Å²) in [5, 5.41) is 6.84. The summed E-state index contributed by atoms with van der Waals surface area (Å²) in [5.41, 5.74) is 2.79. The zero-order valence-corrected chi connectivity index (χ0v) is 17.5. The van der Waals surface area contributed by atoms with Crippen molar-refractivity contribution < 1.29 is 18.4 Å². The molecule has 0 saturated heterocycles. The molecule has 6 nitrogen and oxygen atoms in total. The first-order valence-electron chi connectivity index (χ1n) is 8.67. The fraction of sp³-hybridized carbons (Fsp3) is 0.200. The molecule has 152 valence electrons. The Labute approximate surface area is 176 Å². The highest BCUT2D eigenvalue weighted by atomic mass is 35.5. The van der Waals surface area contributed by atoms with Gasteiger partial charge in [0.1, 0.15) is 23.3 Å². The minimum absolute atomic E-state index is 0.226. The number of amides is 1. The van der Waals surface area contributed by atoms with Gasteiger partial charge in [0, 0.05) is 28.1 Å². The Bertz CT molecular complexity index is 1010. The Morgan fingerprint density at radius 3 is 2.66 bits per heavy atom. The average Bonchev–Trinajstić information content (AvgIpc) is 3.03. The Morgan fingerprint density at radius 2 is 2.00 bits per heavy atom. The van der Waals surface area contributed by atoms with Gasteiger partial charge in [-0.1, -0.05) is 34.8 Å². The third-order valence-corrected chi connectivity index (χ3v) is 4.82. The zero-order valence-electron chi connectivity index (χ0n) is 16.0. The molecule has 0 aliphatic heterocycles. The van der Waals surface area contributed by atoms with E-state index >= 15 is 0 Å². The van der Waals surface area contributed by atoms with Crippen molar-refractivity contribution in [2.75, 3.05) is 16.3 Å². The van der Waals surface area contributed by atoms with E-state index in [9.17, 15) is 9.18 Å². The smallest absolute Gasteiger partial charge is 0.412 e. The number of aromatic nitrogens is 1. The third kappa shape index (κ3) is 5.02. The predicted molar refractivity (Wildman–Crippen MR) is 114 cm³/mol. The van der Waals surface area contributed by atoms with Gasteiger partial charge >= 0.3 is 6.09 Å². The van der Waals surface area contributed by atoms with Gasteiger partial charge in [0.2, 0.25) is 0 Å². The number of nitrogens with zero attached hydrogens (tertiary/aromatic N) is 1. The van der Waals surface area contributed by atoms with E-state index in [1.807, 2.05) is 30.5 Å². The van der Waals surface area contributed by atoms with Crippen molar-refractivity contribution in [2.45, 2.75) is 20.0 Å². The molecule has 29 heavy (non-hydrogen) atoms. The van der Waals surface area contributed by atoms with E-state index in [1.54, 1.807) is 13.8 Å². The van der Waals surface area contributed by atoms with E-state index in [0.29, 0.717) is 17.1 Å². The number of anilines is 2. The molecule has 0 bridgehead atoms. The molecule has 0 fully saturated rings. The number of halogens is 2. The summed E-state index contributed by atoms with van der Waals surface area (Å²) in [6.45, 7) is 3.28. The Hall–Kier alpha value is -2.71. The topological polar surface area (TPSA) is 76.4 Å². The Kier molecular flexibility index (Phi) is 6.66. The Morgan fingerprint density at radius 1 is 1.28 bits per heavy atom. The van der Waals surface area contributed by atoms with Crippen molar-refractivity contribution >= 4 is 41.0 Å². The first-order valence-corrected chi connectivity index (χ1v) is 10.3. The van der Waals surface area contributed by atoms with E-state index in [4.69, 9.17) is 20.9 Å². The van der Waals surface area contributed by atoms with Crippen LogP contribution in [0.25, 0.3) is 11.3 Å². The average molecular weight is 436 g/mol. The predicted octanol–water partition coefficient (Wildman–Crippen LogP) is 6.44. The van der Waals surface area contributed by atoms with Crippen LogP contribution in [0.2, 0.25) is 5.02 Å². The molecule has 9 heteroatoms. The first-order chi connectivity index (χ1) is 13.9. The molecule has 1 amide bonds. The lowest BCUT2D eigenvalue weighted by Gasteiger charge is -2.15. The number of carbonyl (C=O) groups excluding carboxylic acids is 1.